The standard InChI is InChI=1S/C15H28N6O/c1-10-13(8-18(4)11(2)20(10)6)16-17-14-9-19(5)12(3)21(7)15(14)22/h11-12,16H,8-9H2,1-7H3. The lowest BCUT2D eigenvalue weighted by molar-refractivity contribution is -0.129. The molecule has 1 amide bonds. The number of nitrogens with zero attached hydrogens (tertiary/aromatic N) is 5. The van der Waals surface area contributed by atoms with Gasteiger partial charge in [-0.25, -0.2) is 0 Å². The number of hydrazone groups is 1. The van der Waals surface area contributed by atoms with Crippen LogP contribution in [0.1, 0.15) is 20.8 Å². The second-order valence-electron chi connectivity index (χ2n) is 6.36. The van der Waals surface area contributed by atoms with Crippen molar-refractivity contribution in [2.24, 2.45) is 5.10 Å². The first-order chi connectivity index (χ1) is 10.2. The van der Waals surface area contributed by atoms with E-state index < -0.39 is 0 Å². The van der Waals surface area contributed by atoms with Gasteiger partial charge >= 0.3 is 0 Å². The first-order valence-electron chi connectivity index (χ1n) is 7.66. The van der Waals surface area contributed by atoms with Crippen LogP contribution in [0.5, 0.6) is 0 Å². The SMILES string of the molecule is CC1=C(NN=C2CN(C)C(C)N(C)C2=O)CN(C)C(C)N1C. The van der Waals surface area contributed by atoms with Crippen LogP contribution in [0.15, 0.2) is 16.5 Å². The lowest BCUT2D eigenvalue weighted by atomic mass is 10.2. The maximum Gasteiger partial charge on any atom is 0.272 e. The van der Waals surface area contributed by atoms with Crippen LogP contribution in [0.3, 0.4) is 0 Å². The van der Waals surface area contributed by atoms with Gasteiger partial charge in [0.25, 0.3) is 5.91 Å². The van der Waals surface area contributed by atoms with Crippen LogP contribution in [0.2, 0.25) is 0 Å². The van der Waals surface area contributed by atoms with Gasteiger partial charge in [0.15, 0.2) is 0 Å². The molecule has 0 aliphatic carbocycles. The molecule has 2 rings (SSSR count). The van der Waals surface area contributed by atoms with Gasteiger partial charge in [-0.1, -0.05) is 0 Å². The predicted octanol–water partition coefficient (Wildman–Crippen LogP) is 0.137. The molecule has 0 saturated carbocycles. The fraction of sp³-hybridized carbons (Fsp3) is 0.733. The Morgan fingerprint density at radius 1 is 1.00 bits per heavy atom. The average molecular weight is 308 g/mol. The molecule has 0 aromatic heterocycles. The van der Waals surface area contributed by atoms with Gasteiger partial charge in [-0.15, -0.1) is 0 Å². The van der Waals surface area contributed by atoms with Crippen LogP contribution in [0.4, 0.5) is 0 Å². The van der Waals surface area contributed by atoms with Crippen LogP contribution >= 0.6 is 0 Å². The van der Waals surface area contributed by atoms with Crippen molar-refractivity contribution in [2.75, 3.05) is 41.3 Å². The summed E-state index contributed by atoms with van der Waals surface area (Å²) in [4.78, 5) is 20.6. The fourth-order valence-corrected chi connectivity index (χ4v) is 2.72. The molecule has 0 aromatic carbocycles. The number of hydrogen-bond donors (Lipinski definition) is 1. The van der Waals surface area contributed by atoms with Crippen molar-refractivity contribution in [3.63, 3.8) is 0 Å². The maximum atomic E-state index is 12.3. The summed E-state index contributed by atoms with van der Waals surface area (Å²) in [5, 5.41) is 4.39. The van der Waals surface area contributed by atoms with Gasteiger partial charge in [0.2, 0.25) is 0 Å². The van der Waals surface area contributed by atoms with Gasteiger partial charge < -0.3 is 9.80 Å². The number of carbonyl (C=O) groups excluding carboxylic acids is 1. The van der Waals surface area contributed by atoms with E-state index in [2.05, 4.69) is 53.2 Å². The lowest BCUT2D eigenvalue weighted by Gasteiger charge is -2.41. The van der Waals surface area contributed by atoms with Crippen molar-refractivity contribution in [1.82, 2.24) is 25.0 Å². The highest BCUT2D eigenvalue weighted by atomic mass is 16.2. The van der Waals surface area contributed by atoms with Crippen LogP contribution in [-0.4, -0.2) is 84.8 Å². The number of allylic oxidation sites excluding steroid dienone is 1. The van der Waals surface area contributed by atoms with Gasteiger partial charge in [-0.3, -0.25) is 20.0 Å². The van der Waals surface area contributed by atoms with Crippen LogP contribution in [-0.2, 0) is 4.79 Å². The lowest BCUT2D eigenvalue weighted by Crippen LogP contribution is -2.56. The molecule has 2 heterocycles. The molecule has 7 nitrogen and oxygen atoms in total. The molecule has 0 radical (unpaired) electrons. The molecule has 7 heteroatoms. The first-order valence-corrected chi connectivity index (χ1v) is 7.66. The smallest absolute Gasteiger partial charge is 0.272 e. The molecule has 0 spiro atoms. The van der Waals surface area contributed by atoms with Gasteiger partial charge in [0.1, 0.15) is 5.71 Å². The molecule has 124 valence electrons. The largest absolute Gasteiger partial charge is 0.361 e. The first kappa shape index (κ1) is 16.8. The number of rotatable bonds is 2. The number of amides is 1. The van der Waals surface area contributed by atoms with Crippen molar-refractivity contribution in [1.29, 1.82) is 0 Å². The Bertz CT molecular complexity index is 514. The third-order valence-electron chi connectivity index (χ3n) is 5.06. The zero-order valence-electron chi connectivity index (χ0n) is 14.7. The molecule has 2 unspecified atom stereocenters. The molecule has 22 heavy (non-hydrogen) atoms. The Hall–Kier alpha value is -1.60. The highest BCUT2D eigenvalue weighted by Crippen LogP contribution is 2.19. The summed E-state index contributed by atoms with van der Waals surface area (Å²) in [5.41, 5.74) is 5.86. The summed E-state index contributed by atoms with van der Waals surface area (Å²) >= 11 is 0. The van der Waals surface area contributed by atoms with E-state index in [1.165, 1.54) is 0 Å². The number of hydrogen-bond acceptors (Lipinski definition) is 6. The van der Waals surface area contributed by atoms with Gasteiger partial charge in [0.05, 0.1) is 18.0 Å². The number of likely N-dealkylation sites (N-methyl/N-ethyl adjacent to an activating group) is 1. The Balaban J connectivity index is 2.16. The van der Waals surface area contributed by atoms with E-state index in [0.29, 0.717) is 18.4 Å². The molecule has 1 N–H and O–H groups in total. The van der Waals surface area contributed by atoms with E-state index in [1.54, 1.807) is 4.90 Å². The summed E-state index contributed by atoms with van der Waals surface area (Å²) in [5.74, 6) is -0.0118. The Kier molecular flexibility index (Phi) is 4.77. The van der Waals surface area contributed by atoms with E-state index in [1.807, 2.05) is 21.0 Å². The van der Waals surface area contributed by atoms with Crippen LogP contribution in [0, 0.1) is 0 Å². The summed E-state index contributed by atoms with van der Waals surface area (Å²) in [7, 11) is 7.96. The Labute approximate surface area is 133 Å². The molecule has 2 atom stereocenters. The summed E-state index contributed by atoms with van der Waals surface area (Å²) in [6, 6.07) is 0. The zero-order valence-corrected chi connectivity index (χ0v) is 14.7. The average Bonchev–Trinajstić information content (AvgIpc) is 2.49. The van der Waals surface area contributed by atoms with Crippen LogP contribution < -0.4 is 5.43 Å². The van der Waals surface area contributed by atoms with Crippen molar-refractivity contribution in [2.45, 2.75) is 33.1 Å². The van der Waals surface area contributed by atoms with Crippen molar-refractivity contribution >= 4 is 11.6 Å². The molecular formula is C15H28N6O. The number of carbonyl (C=O) groups is 1. The number of nitrogens with one attached hydrogen (secondary N) is 1. The summed E-state index contributed by atoms with van der Waals surface area (Å²) < 4.78 is 0. The third-order valence-corrected chi connectivity index (χ3v) is 5.06. The van der Waals surface area contributed by atoms with E-state index in [-0.39, 0.29) is 12.1 Å². The van der Waals surface area contributed by atoms with Gasteiger partial charge in [0, 0.05) is 32.9 Å². The van der Waals surface area contributed by atoms with Crippen molar-refractivity contribution < 1.29 is 4.79 Å². The minimum Gasteiger partial charge on any atom is -0.361 e. The highest BCUT2D eigenvalue weighted by Gasteiger charge is 2.31. The van der Waals surface area contributed by atoms with Crippen molar-refractivity contribution in [3.8, 4) is 0 Å². The Morgan fingerprint density at radius 2 is 1.55 bits per heavy atom. The second-order valence-corrected chi connectivity index (χ2v) is 6.36. The predicted molar refractivity (Wildman–Crippen MR) is 88.0 cm³/mol. The molecule has 1 fully saturated rings. The Morgan fingerprint density at radius 3 is 2.18 bits per heavy atom. The fourth-order valence-electron chi connectivity index (χ4n) is 2.72. The normalized spacial score (nSPS) is 30.5. The summed E-state index contributed by atoms with van der Waals surface area (Å²) in [6.07, 6.45) is 0.452. The summed E-state index contributed by atoms with van der Waals surface area (Å²) in [6.45, 7) is 7.62. The quantitative estimate of drug-likeness (QED) is 0.735. The minimum absolute atomic E-state index is 0.0118. The van der Waals surface area contributed by atoms with Gasteiger partial charge in [-0.2, -0.15) is 5.10 Å². The topological polar surface area (TPSA) is 54.4 Å². The molecule has 0 bridgehead atoms. The molecule has 0 aromatic rings. The monoisotopic (exact) mass is 308 g/mol. The second kappa shape index (κ2) is 6.26. The minimum atomic E-state index is -0.0118. The van der Waals surface area contributed by atoms with Crippen LogP contribution in [0.25, 0.3) is 0 Å². The molecule has 2 aliphatic heterocycles. The third kappa shape index (κ3) is 2.96. The van der Waals surface area contributed by atoms with Gasteiger partial charge in [-0.05, 0) is 34.9 Å². The molecule has 1 saturated heterocycles. The zero-order chi connectivity index (χ0) is 16.6. The van der Waals surface area contributed by atoms with E-state index in [9.17, 15) is 4.79 Å². The van der Waals surface area contributed by atoms with E-state index in [4.69, 9.17) is 0 Å². The van der Waals surface area contributed by atoms with E-state index in [0.717, 1.165) is 17.9 Å². The molecule has 2 aliphatic rings. The molecular weight excluding hydrogens is 280 g/mol. The van der Waals surface area contributed by atoms with E-state index >= 15 is 0 Å². The maximum absolute atomic E-state index is 12.3. The van der Waals surface area contributed by atoms with Crippen molar-refractivity contribution in [3.05, 3.63) is 11.4 Å². The highest BCUT2D eigenvalue weighted by molar-refractivity contribution is 6.40.